The Bertz CT molecular complexity index is 331. The summed E-state index contributed by atoms with van der Waals surface area (Å²) in [6.45, 7) is 7.55. The predicted octanol–water partition coefficient (Wildman–Crippen LogP) is 3.37. The lowest BCUT2D eigenvalue weighted by atomic mass is 10.0. The molecule has 13 heavy (non-hydrogen) atoms. The Balaban J connectivity index is 3.12. The minimum atomic E-state index is -0.575. The third kappa shape index (κ3) is 2.42. The quantitative estimate of drug-likeness (QED) is 0.787. The van der Waals surface area contributed by atoms with Crippen LogP contribution in [0.2, 0.25) is 0 Å². The van der Waals surface area contributed by atoms with E-state index in [-0.39, 0.29) is 0 Å². The Morgan fingerprint density at radius 1 is 1.54 bits per heavy atom. The molecule has 0 aliphatic heterocycles. The number of halogens is 1. The van der Waals surface area contributed by atoms with Crippen LogP contribution in [-0.2, 0) is 0 Å². The Labute approximate surface area is 87.2 Å². The normalized spacial score (nSPS) is 12.6. The molecule has 0 fully saturated rings. The van der Waals surface area contributed by atoms with Crippen LogP contribution in [0, 0.1) is 6.92 Å². The zero-order valence-corrected chi connectivity index (χ0v) is 9.43. The fourth-order valence-electron chi connectivity index (χ4n) is 1.14. The third-order valence-corrected chi connectivity index (χ3v) is 2.64. The van der Waals surface area contributed by atoms with Crippen LogP contribution >= 0.6 is 15.9 Å². The summed E-state index contributed by atoms with van der Waals surface area (Å²) in [7, 11) is 0. The summed E-state index contributed by atoms with van der Waals surface area (Å²) in [6.07, 6.45) is -0.575. The van der Waals surface area contributed by atoms with Crippen LogP contribution in [0.15, 0.2) is 34.8 Å². The van der Waals surface area contributed by atoms with Gasteiger partial charge in [0.1, 0.15) is 6.10 Å². The molecule has 1 nitrogen and oxygen atoms in total. The van der Waals surface area contributed by atoms with Crippen molar-refractivity contribution in [3.05, 3.63) is 46.0 Å². The molecule has 70 valence electrons. The van der Waals surface area contributed by atoms with Crippen LogP contribution in [0.4, 0.5) is 0 Å². The highest BCUT2D eigenvalue weighted by molar-refractivity contribution is 9.10. The summed E-state index contributed by atoms with van der Waals surface area (Å²) in [5.41, 5.74) is 2.78. The monoisotopic (exact) mass is 240 g/mol. The smallest absolute Gasteiger partial charge is 0.101 e. The third-order valence-electron chi connectivity index (χ3n) is 1.91. The van der Waals surface area contributed by atoms with Gasteiger partial charge in [0.25, 0.3) is 0 Å². The number of aliphatic hydroxyl groups excluding tert-OH is 1. The molecule has 1 aromatic rings. The van der Waals surface area contributed by atoms with Crippen LogP contribution in [0.25, 0.3) is 0 Å². The highest BCUT2D eigenvalue weighted by Crippen LogP contribution is 2.28. The standard InChI is InChI=1S/C11H13BrO/c1-7(2)11(13)9-6-8(3)4-5-10(9)12/h4-6,11,13H,1H2,2-3H3. The fraction of sp³-hybridized carbons (Fsp3) is 0.273. The first-order chi connectivity index (χ1) is 6.02. The topological polar surface area (TPSA) is 20.2 Å². The minimum Gasteiger partial charge on any atom is -0.384 e. The fourth-order valence-corrected chi connectivity index (χ4v) is 1.60. The lowest BCUT2D eigenvalue weighted by molar-refractivity contribution is 0.215. The first kappa shape index (κ1) is 10.5. The first-order valence-corrected chi connectivity index (χ1v) is 4.91. The van der Waals surface area contributed by atoms with E-state index in [1.165, 1.54) is 0 Å². The maximum atomic E-state index is 9.77. The Hall–Kier alpha value is -0.600. The molecule has 0 heterocycles. The molecule has 0 radical (unpaired) electrons. The van der Waals surface area contributed by atoms with Gasteiger partial charge in [-0.15, -0.1) is 0 Å². The summed E-state index contributed by atoms with van der Waals surface area (Å²) in [5, 5.41) is 9.77. The molecule has 0 spiro atoms. The van der Waals surface area contributed by atoms with E-state index in [0.29, 0.717) is 0 Å². The van der Waals surface area contributed by atoms with Crippen molar-refractivity contribution in [3.63, 3.8) is 0 Å². The van der Waals surface area contributed by atoms with Gasteiger partial charge in [-0.05, 0) is 31.1 Å². The van der Waals surface area contributed by atoms with E-state index in [9.17, 15) is 5.11 Å². The molecule has 1 N–H and O–H groups in total. The number of aliphatic hydroxyl groups is 1. The second-order valence-electron chi connectivity index (χ2n) is 3.27. The van der Waals surface area contributed by atoms with E-state index in [2.05, 4.69) is 22.5 Å². The molecule has 1 unspecified atom stereocenters. The summed E-state index contributed by atoms with van der Waals surface area (Å²) in [5.74, 6) is 0. The molecule has 0 aliphatic carbocycles. The summed E-state index contributed by atoms with van der Waals surface area (Å²) < 4.78 is 0.925. The second-order valence-corrected chi connectivity index (χ2v) is 4.13. The van der Waals surface area contributed by atoms with Gasteiger partial charge in [0.15, 0.2) is 0 Å². The molecule has 0 amide bonds. The van der Waals surface area contributed by atoms with Crippen molar-refractivity contribution in [3.8, 4) is 0 Å². The van der Waals surface area contributed by atoms with Gasteiger partial charge < -0.3 is 5.11 Å². The van der Waals surface area contributed by atoms with Crippen molar-refractivity contribution < 1.29 is 5.11 Å². The van der Waals surface area contributed by atoms with Gasteiger partial charge in [-0.2, -0.15) is 0 Å². The van der Waals surface area contributed by atoms with Gasteiger partial charge in [0, 0.05) is 4.47 Å². The molecule has 1 aromatic carbocycles. The van der Waals surface area contributed by atoms with Crippen LogP contribution < -0.4 is 0 Å². The summed E-state index contributed by atoms with van der Waals surface area (Å²) >= 11 is 3.40. The van der Waals surface area contributed by atoms with Gasteiger partial charge in [-0.3, -0.25) is 0 Å². The van der Waals surface area contributed by atoms with Crippen molar-refractivity contribution in [2.24, 2.45) is 0 Å². The summed E-state index contributed by atoms with van der Waals surface area (Å²) in [6, 6.07) is 5.90. The molecule has 0 saturated heterocycles. The maximum Gasteiger partial charge on any atom is 0.101 e. The molecule has 0 aliphatic rings. The van der Waals surface area contributed by atoms with Crippen molar-refractivity contribution in [2.45, 2.75) is 20.0 Å². The van der Waals surface area contributed by atoms with Gasteiger partial charge in [-0.25, -0.2) is 0 Å². The zero-order chi connectivity index (χ0) is 10.0. The maximum absolute atomic E-state index is 9.77. The van der Waals surface area contributed by atoms with Gasteiger partial charge in [0.2, 0.25) is 0 Å². The first-order valence-electron chi connectivity index (χ1n) is 4.12. The van der Waals surface area contributed by atoms with E-state index in [1.807, 2.05) is 32.0 Å². The number of benzene rings is 1. The average Bonchev–Trinajstić information content (AvgIpc) is 2.08. The predicted molar refractivity (Wildman–Crippen MR) is 58.7 cm³/mol. The second kappa shape index (κ2) is 4.07. The molecule has 0 saturated carbocycles. The zero-order valence-electron chi connectivity index (χ0n) is 7.84. The molecule has 0 aromatic heterocycles. The summed E-state index contributed by atoms with van der Waals surface area (Å²) in [4.78, 5) is 0. The highest BCUT2D eigenvalue weighted by Gasteiger charge is 2.11. The van der Waals surface area contributed by atoms with E-state index in [1.54, 1.807) is 0 Å². The van der Waals surface area contributed by atoms with Crippen LogP contribution in [0.1, 0.15) is 24.2 Å². The number of rotatable bonds is 2. The molecular formula is C11H13BrO. The van der Waals surface area contributed by atoms with Crippen LogP contribution in [0.3, 0.4) is 0 Å². The molecule has 1 atom stereocenters. The molecule has 1 rings (SSSR count). The van der Waals surface area contributed by atoms with Crippen molar-refractivity contribution in [1.82, 2.24) is 0 Å². The van der Waals surface area contributed by atoms with Gasteiger partial charge in [-0.1, -0.05) is 40.2 Å². The lowest BCUT2D eigenvalue weighted by Gasteiger charge is -2.13. The van der Waals surface area contributed by atoms with E-state index in [0.717, 1.165) is 21.2 Å². The van der Waals surface area contributed by atoms with Crippen LogP contribution in [0.5, 0.6) is 0 Å². The molecule has 0 bridgehead atoms. The van der Waals surface area contributed by atoms with Crippen molar-refractivity contribution in [1.29, 1.82) is 0 Å². The highest BCUT2D eigenvalue weighted by atomic mass is 79.9. The number of aryl methyl sites for hydroxylation is 1. The minimum absolute atomic E-state index is 0.575. The Morgan fingerprint density at radius 2 is 2.15 bits per heavy atom. The Morgan fingerprint density at radius 3 is 2.69 bits per heavy atom. The van der Waals surface area contributed by atoms with Crippen molar-refractivity contribution in [2.75, 3.05) is 0 Å². The van der Waals surface area contributed by atoms with Gasteiger partial charge in [0.05, 0.1) is 0 Å². The van der Waals surface area contributed by atoms with E-state index >= 15 is 0 Å². The number of hydrogen-bond acceptors (Lipinski definition) is 1. The van der Waals surface area contributed by atoms with Crippen LogP contribution in [-0.4, -0.2) is 5.11 Å². The largest absolute Gasteiger partial charge is 0.384 e. The van der Waals surface area contributed by atoms with E-state index in [4.69, 9.17) is 0 Å². The van der Waals surface area contributed by atoms with Crippen molar-refractivity contribution >= 4 is 15.9 Å². The molecule has 2 heteroatoms. The lowest BCUT2D eigenvalue weighted by Crippen LogP contribution is -1.99. The molecular weight excluding hydrogens is 228 g/mol. The average molecular weight is 241 g/mol. The van der Waals surface area contributed by atoms with Gasteiger partial charge >= 0.3 is 0 Å². The number of hydrogen-bond donors (Lipinski definition) is 1. The Kier molecular flexibility index (Phi) is 3.28. The SMILES string of the molecule is C=C(C)C(O)c1cc(C)ccc1Br. The van der Waals surface area contributed by atoms with E-state index < -0.39 is 6.10 Å².